The molecule has 0 amide bonds. The highest BCUT2D eigenvalue weighted by molar-refractivity contribution is 9.09. The normalized spacial score (nSPS) is 15.2. The molecule has 2 saturated carbocycles. The second kappa shape index (κ2) is 12.8. The largest absolute Gasteiger partial charge is 0.474 e. The van der Waals surface area contributed by atoms with Gasteiger partial charge in [0.25, 0.3) is 0 Å². The van der Waals surface area contributed by atoms with Crippen molar-refractivity contribution in [3.63, 3.8) is 0 Å². The van der Waals surface area contributed by atoms with Crippen molar-refractivity contribution in [2.45, 2.75) is 49.4 Å². The van der Waals surface area contributed by atoms with Crippen LogP contribution in [0.3, 0.4) is 0 Å². The molecule has 15 heteroatoms. The smallest absolute Gasteiger partial charge is 0.246 e. The lowest BCUT2D eigenvalue weighted by Gasteiger charge is -2.25. The highest BCUT2D eigenvalue weighted by Crippen LogP contribution is 2.37. The number of aliphatic hydroxyl groups excluding tert-OH is 2. The number of nitrogens with two attached hydrogens (primary N) is 2. The summed E-state index contributed by atoms with van der Waals surface area (Å²) in [6.45, 7) is 0.201. The molecule has 7 N–H and O–H groups in total. The molecule has 0 aromatic carbocycles. The van der Waals surface area contributed by atoms with Crippen LogP contribution in [0.1, 0.15) is 44.6 Å². The van der Waals surface area contributed by atoms with Crippen molar-refractivity contribution in [1.82, 2.24) is 39.9 Å². The van der Waals surface area contributed by atoms with Crippen molar-refractivity contribution >= 4 is 49.6 Å². The highest BCUT2D eigenvalue weighted by Gasteiger charge is 2.26. The molecule has 14 nitrogen and oxygen atoms in total. The number of halogens is 1. The van der Waals surface area contributed by atoms with E-state index in [1.165, 1.54) is 38.3 Å². The zero-order valence-electron chi connectivity index (χ0n) is 20.3. The SMILES string of the molecule is BrC1CCC1.Nc1ncnc2[nH]nc(OCCO)c12.Nc1ncnc2c1c(OCCO)nn2C1CCC1. The molecule has 6 rings (SSSR count). The van der Waals surface area contributed by atoms with Gasteiger partial charge in [0.15, 0.2) is 11.3 Å². The number of nitrogens with one attached hydrogen (secondary N) is 1. The first-order chi connectivity index (χ1) is 18.0. The molecule has 200 valence electrons. The fourth-order valence-corrected chi connectivity index (χ4v) is 4.20. The van der Waals surface area contributed by atoms with Crippen molar-refractivity contribution in [1.29, 1.82) is 0 Å². The van der Waals surface area contributed by atoms with Crippen LogP contribution >= 0.6 is 15.9 Å². The second-order valence-corrected chi connectivity index (χ2v) is 9.77. The van der Waals surface area contributed by atoms with Gasteiger partial charge in [-0.25, -0.2) is 24.6 Å². The monoisotopic (exact) mass is 578 g/mol. The molecule has 0 saturated heterocycles. The van der Waals surface area contributed by atoms with E-state index in [1.54, 1.807) is 0 Å². The minimum atomic E-state index is -0.0814. The first kappa shape index (κ1) is 26.8. The Morgan fingerprint density at radius 3 is 2.05 bits per heavy atom. The molecule has 0 radical (unpaired) electrons. The summed E-state index contributed by atoms with van der Waals surface area (Å²) in [5.74, 6) is 1.38. The molecule has 2 aliphatic carbocycles. The fourth-order valence-electron chi connectivity index (χ4n) is 3.55. The Hall–Kier alpha value is -3.30. The summed E-state index contributed by atoms with van der Waals surface area (Å²) in [6, 6.07) is 0.369. The average molecular weight is 579 g/mol. The van der Waals surface area contributed by atoms with Gasteiger partial charge in [-0.1, -0.05) is 22.4 Å². The van der Waals surface area contributed by atoms with Crippen LogP contribution in [0, 0.1) is 0 Å². The lowest BCUT2D eigenvalue weighted by molar-refractivity contribution is 0.194. The molecule has 4 aromatic rings. The summed E-state index contributed by atoms with van der Waals surface area (Å²) < 4.78 is 12.4. The summed E-state index contributed by atoms with van der Waals surface area (Å²) in [5.41, 5.74) is 12.7. The van der Waals surface area contributed by atoms with Crippen LogP contribution in [-0.2, 0) is 0 Å². The summed E-state index contributed by atoms with van der Waals surface area (Å²) in [5, 5.41) is 29.5. The standard InChI is InChI=1S/C11H15N5O2.C7H9N5O2.C4H7Br/c12-9-8-10(14-6-13-9)16(7-2-1-3-7)15-11(8)18-5-4-17;8-5-4-6(10-3-9-5)11-12-7(4)14-2-1-13;5-4-2-1-3-4/h6-7,17H,1-5H2,(H2,12,13,14);3,13H,1-2H2,(H3,8,9,10,11,12);4H,1-3H2. The summed E-state index contributed by atoms with van der Waals surface area (Å²) in [4.78, 5) is 16.8. The third kappa shape index (κ3) is 6.34. The Labute approximate surface area is 220 Å². The lowest BCUT2D eigenvalue weighted by Crippen LogP contribution is -2.18. The molecule has 0 aliphatic heterocycles. The molecular weight excluding hydrogens is 548 g/mol. The van der Waals surface area contributed by atoms with Crippen LogP contribution in [0.4, 0.5) is 11.6 Å². The van der Waals surface area contributed by atoms with E-state index >= 15 is 0 Å². The number of hydrogen-bond donors (Lipinski definition) is 5. The number of ether oxygens (including phenoxy) is 2. The Morgan fingerprint density at radius 1 is 0.892 bits per heavy atom. The number of aliphatic hydroxyl groups is 2. The van der Waals surface area contributed by atoms with Gasteiger partial charge in [0.2, 0.25) is 11.8 Å². The van der Waals surface area contributed by atoms with E-state index in [9.17, 15) is 0 Å². The predicted molar refractivity (Wildman–Crippen MR) is 140 cm³/mol. The van der Waals surface area contributed by atoms with Crippen molar-refractivity contribution < 1.29 is 19.7 Å². The molecule has 2 aliphatic rings. The number of alkyl halides is 1. The van der Waals surface area contributed by atoms with Crippen molar-refractivity contribution in [2.75, 3.05) is 37.9 Å². The molecular formula is C22H31BrN10O4. The minimum absolute atomic E-state index is 0.0641. The topological polar surface area (TPSA) is 209 Å². The summed E-state index contributed by atoms with van der Waals surface area (Å²) >= 11 is 3.46. The number of H-pyrrole nitrogens is 1. The third-order valence-corrected chi connectivity index (χ3v) is 6.87. The van der Waals surface area contributed by atoms with Gasteiger partial charge in [-0.05, 0) is 32.1 Å². The summed E-state index contributed by atoms with van der Waals surface area (Å²) in [7, 11) is 0. The number of nitrogens with zero attached hydrogens (tertiary/aromatic N) is 7. The minimum Gasteiger partial charge on any atom is -0.474 e. The van der Waals surface area contributed by atoms with Crippen molar-refractivity contribution in [2.24, 2.45) is 0 Å². The Kier molecular flexibility index (Phi) is 9.24. The molecule has 2 fully saturated rings. The quantitative estimate of drug-likeness (QED) is 0.198. The van der Waals surface area contributed by atoms with Crippen LogP contribution < -0.4 is 20.9 Å². The van der Waals surface area contributed by atoms with Gasteiger partial charge >= 0.3 is 0 Å². The third-order valence-electron chi connectivity index (χ3n) is 5.96. The van der Waals surface area contributed by atoms with Crippen molar-refractivity contribution in [3.8, 4) is 11.8 Å². The first-order valence-electron chi connectivity index (χ1n) is 12.1. The van der Waals surface area contributed by atoms with E-state index in [0.29, 0.717) is 51.5 Å². The molecule has 37 heavy (non-hydrogen) atoms. The van der Waals surface area contributed by atoms with Crippen LogP contribution in [0.25, 0.3) is 22.1 Å². The van der Waals surface area contributed by atoms with Gasteiger partial charge < -0.3 is 31.2 Å². The number of hydrogen-bond acceptors (Lipinski definition) is 12. The second-order valence-electron chi connectivity index (χ2n) is 8.48. The maximum atomic E-state index is 8.82. The zero-order chi connectivity index (χ0) is 26.2. The van der Waals surface area contributed by atoms with E-state index in [-0.39, 0.29) is 26.4 Å². The number of fused-ring (bicyclic) bond motifs is 2. The van der Waals surface area contributed by atoms with Crippen LogP contribution in [0.5, 0.6) is 11.8 Å². The van der Waals surface area contributed by atoms with E-state index in [2.05, 4.69) is 51.2 Å². The van der Waals surface area contributed by atoms with Gasteiger partial charge in [-0.15, -0.1) is 10.2 Å². The van der Waals surface area contributed by atoms with Crippen LogP contribution in [0.15, 0.2) is 12.7 Å². The molecule has 0 atom stereocenters. The van der Waals surface area contributed by atoms with Gasteiger partial charge in [0.05, 0.1) is 19.3 Å². The molecule has 0 spiro atoms. The average Bonchev–Trinajstić information content (AvgIpc) is 3.43. The van der Waals surface area contributed by atoms with Crippen LogP contribution in [0.2, 0.25) is 0 Å². The Bertz CT molecular complexity index is 1290. The molecule has 0 bridgehead atoms. The summed E-state index contributed by atoms with van der Waals surface area (Å²) in [6.07, 6.45) is 10.4. The number of aromatic nitrogens is 8. The number of aromatic amines is 1. The molecule has 0 unspecified atom stereocenters. The van der Waals surface area contributed by atoms with Crippen molar-refractivity contribution in [3.05, 3.63) is 12.7 Å². The highest BCUT2D eigenvalue weighted by atomic mass is 79.9. The van der Waals surface area contributed by atoms with E-state index in [4.69, 9.17) is 31.2 Å². The van der Waals surface area contributed by atoms with E-state index in [0.717, 1.165) is 17.7 Å². The van der Waals surface area contributed by atoms with E-state index in [1.807, 2.05) is 4.68 Å². The number of anilines is 2. The van der Waals surface area contributed by atoms with E-state index < -0.39 is 0 Å². The Morgan fingerprint density at radius 2 is 1.49 bits per heavy atom. The maximum absolute atomic E-state index is 8.82. The van der Waals surface area contributed by atoms with Gasteiger partial charge in [-0.2, -0.15) is 0 Å². The molecule has 4 aromatic heterocycles. The Balaban J connectivity index is 0.000000149. The van der Waals surface area contributed by atoms with Crippen LogP contribution in [-0.4, -0.2) is 81.4 Å². The number of nitrogen functional groups attached to an aromatic ring is 2. The zero-order valence-corrected chi connectivity index (χ0v) is 21.8. The molecule has 4 heterocycles. The van der Waals surface area contributed by atoms with Gasteiger partial charge in [-0.3, -0.25) is 5.10 Å². The first-order valence-corrected chi connectivity index (χ1v) is 13.0. The lowest BCUT2D eigenvalue weighted by atomic mass is 9.93. The van der Waals surface area contributed by atoms with Gasteiger partial charge in [0.1, 0.15) is 48.3 Å². The maximum Gasteiger partial charge on any atom is 0.246 e. The predicted octanol–water partition coefficient (Wildman–Crippen LogP) is 1.74. The number of rotatable bonds is 7. The fraction of sp³-hybridized carbons (Fsp3) is 0.545. The van der Waals surface area contributed by atoms with Gasteiger partial charge in [0, 0.05) is 4.83 Å².